The molecule has 0 fully saturated rings. The number of alkyl halides is 3. The van der Waals surface area contributed by atoms with Crippen molar-refractivity contribution in [3.05, 3.63) is 28.2 Å². The van der Waals surface area contributed by atoms with Gasteiger partial charge in [0.15, 0.2) is 0 Å². The number of benzene rings is 1. The van der Waals surface area contributed by atoms with Crippen molar-refractivity contribution in [3.63, 3.8) is 0 Å². The molecule has 0 aliphatic carbocycles. The summed E-state index contributed by atoms with van der Waals surface area (Å²) in [6, 6.07) is 4.09. The molecule has 96 valence electrons. The van der Waals surface area contributed by atoms with Gasteiger partial charge in [-0.05, 0) is 12.1 Å². The molecule has 2 nitrogen and oxygen atoms in total. The predicted molar refractivity (Wildman–Crippen MR) is 62.4 cm³/mol. The van der Waals surface area contributed by atoms with Crippen LogP contribution in [0.3, 0.4) is 0 Å². The first-order chi connectivity index (χ1) is 7.63. The van der Waals surface area contributed by atoms with E-state index in [1.54, 1.807) is 0 Å². The van der Waals surface area contributed by atoms with E-state index in [1.807, 2.05) is 0 Å². The molecule has 9 heteroatoms. The monoisotopic (exact) mass is 323 g/mol. The number of hydrogen-bond acceptors (Lipinski definition) is 3. The first kappa shape index (κ1) is 15.2. The molecule has 0 radical (unpaired) electrons. The quantitative estimate of drug-likeness (QED) is 0.802. The Bertz CT molecular complexity index is 446. The van der Waals surface area contributed by atoms with Crippen molar-refractivity contribution in [2.75, 3.05) is 6.61 Å². The Balaban J connectivity index is 3.02. The number of hydrogen-bond donors (Lipinski definition) is 0. The molecule has 0 bridgehead atoms. The van der Waals surface area contributed by atoms with Crippen LogP contribution in [0.1, 0.15) is 0 Å². The van der Waals surface area contributed by atoms with Crippen LogP contribution in [0.5, 0.6) is 0 Å². The minimum absolute atomic E-state index is 0.0852. The lowest BCUT2D eigenvalue weighted by atomic mass is 10.4. The normalized spacial score (nSPS) is 15.6. The molecule has 1 aromatic carbocycles. The Hall–Kier alpha value is 0.160. The first-order valence-corrected chi connectivity index (χ1v) is 7.50. The molecule has 1 unspecified atom stereocenters. The van der Waals surface area contributed by atoms with Gasteiger partial charge in [0.2, 0.25) is 0 Å². The second-order valence-electron chi connectivity index (χ2n) is 2.96. The van der Waals surface area contributed by atoms with Crippen LogP contribution in [0.4, 0.5) is 13.2 Å². The van der Waals surface area contributed by atoms with Gasteiger partial charge in [-0.2, -0.15) is 13.2 Å². The van der Waals surface area contributed by atoms with Gasteiger partial charge in [-0.3, -0.25) is 0 Å². The molecule has 17 heavy (non-hydrogen) atoms. The Morgan fingerprint density at radius 3 is 2.18 bits per heavy atom. The molecule has 1 rings (SSSR count). The topological polar surface area (TPSA) is 32.3 Å². The molecule has 0 N–H and O–H groups in total. The van der Waals surface area contributed by atoms with E-state index < -0.39 is 19.3 Å². The van der Waals surface area contributed by atoms with Gasteiger partial charge in [0, 0.05) is 11.8 Å². The van der Waals surface area contributed by atoms with Crippen molar-refractivity contribution in [3.8, 4) is 0 Å². The summed E-state index contributed by atoms with van der Waals surface area (Å²) in [5, 5.41) is -0.446. The van der Waals surface area contributed by atoms with Gasteiger partial charge < -0.3 is 9.42 Å². The van der Waals surface area contributed by atoms with Crippen LogP contribution in [-0.2, 0) is 16.3 Å². The SMILES string of the molecule is [O-]P(=S)(OCC(F)(F)F)c1c(Cl)cccc1Cl. The van der Waals surface area contributed by atoms with Gasteiger partial charge in [-0.25, -0.2) is 0 Å². The molecule has 0 aliphatic heterocycles. The van der Waals surface area contributed by atoms with Crippen LogP contribution in [0.25, 0.3) is 0 Å². The van der Waals surface area contributed by atoms with E-state index in [4.69, 9.17) is 23.2 Å². The minimum Gasteiger partial charge on any atom is -0.797 e. The highest BCUT2D eigenvalue weighted by Crippen LogP contribution is 2.42. The van der Waals surface area contributed by atoms with Crippen molar-refractivity contribution in [2.45, 2.75) is 6.18 Å². The maximum Gasteiger partial charge on any atom is 0.412 e. The Morgan fingerprint density at radius 1 is 1.29 bits per heavy atom. The van der Waals surface area contributed by atoms with Crippen molar-refractivity contribution < 1.29 is 22.6 Å². The third kappa shape index (κ3) is 4.39. The smallest absolute Gasteiger partial charge is 0.412 e. The lowest BCUT2D eigenvalue weighted by Crippen LogP contribution is -2.24. The fourth-order valence-corrected chi connectivity index (χ4v) is 4.21. The Labute approximate surface area is 110 Å². The molecule has 0 amide bonds. The lowest BCUT2D eigenvalue weighted by Gasteiger charge is -2.30. The average molecular weight is 324 g/mol. The highest BCUT2D eigenvalue weighted by Gasteiger charge is 2.30. The van der Waals surface area contributed by atoms with Crippen LogP contribution >= 0.6 is 29.7 Å². The van der Waals surface area contributed by atoms with E-state index >= 15 is 0 Å². The van der Waals surface area contributed by atoms with Crippen molar-refractivity contribution in [2.24, 2.45) is 0 Å². The van der Waals surface area contributed by atoms with Crippen LogP contribution in [0, 0.1) is 0 Å². The fourth-order valence-electron chi connectivity index (χ4n) is 0.973. The standard InChI is InChI=1S/C8H6Cl2F3O2PS/c9-5-2-1-3-6(10)7(5)16(14,17)15-4-8(11,12)13/h1-3H,4H2,(H,14,17)/p-1. The molecule has 1 aromatic rings. The summed E-state index contributed by atoms with van der Waals surface area (Å²) in [6.45, 7) is -5.83. The second-order valence-corrected chi connectivity index (χ2v) is 6.91. The Kier molecular flexibility index (Phi) is 4.86. The summed E-state index contributed by atoms with van der Waals surface area (Å²) in [7, 11) is 0. The lowest BCUT2D eigenvalue weighted by molar-refractivity contribution is -0.199. The van der Waals surface area contributed by atoms with Gasteiger partial charge in [0.05, 0.1) is 10.0 Å². The molecule has 0 saturated carbocycles. The third-order valence-electron chi connectivity index (χ3n) is 1.61. The zero-order valence-electron chi connectivity index (χ0n) is 8.00. The van der Waals surface area contributed by atoms with Gasteiger partial charge in [0.25, 0.3) is 0 Å². The second kappa shape index (κ2) is 5.43. The summed E-state index contributed by atoms with van der Waals surface area (Å²) in [6.07, 6.45) is -4.62. The number of halogens is 5. The van der Waals surface area contributed by atoms with E-state index in [1.165, 1.54) is 18.2 Å². The largest absolute Gasteiger partial charge is 0.797 e. The van der Waals surface area contributed by atoms with E-state index in [0.29, 0.717) is 0 Å². The minimum atomic E-state index is -4.62. The predicted octanol–water partition coefficient (Wildman–Crippen LogP) is 2.87. The third-order valence-corrected chi connectivity index (χ3v) is 4.87. The van der Waals surface area contributed by atoms with Crippen molar-refractivity contribution in [1.82, 2.24) is 0 Å². The van der Waals surface area contributed by atoms with Crippen molar-refractivity contribution >= 4 is 46.8 Å². The maximum absolute atomic E-state index is 11.9. The molecule has 0 aromatic heterocycles. The van der Waals surface area contributed by atoms with Crippen LogP contribution in [0.2, 0.25) is 10.0 Å². The molecular formula is C8H5Cl2F3O2PS-. The van der Waals surface area contributed by atoms with E-state index in [-0.39, 0.29) is 15.3 Å². The van der Waals surface area contributed by atoms with Crippen LogP contribution in [0.15, 0.2) is 18.2 Å². The van der Waals surface area contributed by atoms with Crippen molar-refractivity contribution in [1.29, 1.82) is 0 Å². The van der Waals surface area contributed by atoms with Gasteiger partial charge in [-0.15, -0.1) is 0 Å². The van der Waals surface area contributed by atoms with E-state index in [9.17, 15) is 18.1 Å². The molecule has 0 saturated heterocycles. The molecule has 0 heterocycles. The summed E-state index contributed by atoms with van der Waals surface area (Å²) in [4.78, 5) is 11.8. The molecule has 0 spiro atoms. The molecule has 1 atom stereocenters. The zero-order valence-corrected chi connectivity index (χ0v) is 11.2. The average Bonchev–Trinajstić information content (AvgIpc) is 2.13. The van der Waals surface area contributed by atoms with Gasteiger partial charge >= 0.3 is 6.18 Å². The summed E-state index contributed by atoms with van der Waals surface area (Å²) in [5.41, 5.74) is 0. The highest BCUT2D eigenvalue weighted by molar-refractivity contribution is 8.12. The van der Waals surface area contributed by atoms with Crippen LogP contribution < -0.4 is 10.2 Å². The van der Waals surface area contributed by atoms with Gasteiger partial charge in [-0.1, -0.05) is 41.1 Å². The first-order valence-electron chi connectivity index (χ1n) is 4.10. The van der Waals surface area contributed by atoms with Gasteiger partial charge in [0.1, 0.15) is 6.61 Å². The summed E-state index contributed by atoms with van der Waals surface area (Å²) < 4.78 is 40.1. The Morgan fingerprint density at radius 2 is 1.76 bits per heavy atom. The van der Waals surface area contributed by atoms with E-state index in [2.05, 4.69) is 16.3 Å². The number of rotatable bonds is 3. The fraction of sp³-hybridized carbons (Fsp3) is 0.250. The summed E-state index contributed by atoms with van der Waals surface area (Å²) >= 11 is 15.9. The zero-order chi connectivity index (χ0) is 13.3. The molecule has 0 aliphatic rings. The van der Waals surface area contributed by atoms with Crippen LogP contribution in [-0.4, -0.2) is 12.8 Å². The highest BCUT2D eigenvalue weighted by atomic mass is 35.5. The summed E-state index contributed by atoms with van der Waals surface area (Å²) in [5.74, 6) is 0. The molecular weight excluding hydrogens is 319 g/mol. The maximum atomic E-state index is 11.9. The van der Waals surface area contributed by atoms with E-state index in [0.717, 1.165) is 0 Å².